The van der Waals surface area contributed by atoms with Gasteiger partial charge in [-0.1, -0.05) is 0 Å². The number of aliphatic hydroxyl groups is 1. The third-order valence-electron chi connectivity index (χ3n) is 3.18. The van der Waals surface area contributed by atoms with E-state index in [0.717, 1.165) is 0 Å². The first-order chi connectivity index (χ1) is 7.58. The molecule has 1 heterocycles. The molecule has 1 aliphatic heterocycles. The maximum atomic E-state index is 11.8. The molecule has 1 saturated carbocycles. The minimum atomic E-state index is -3.31. The van der Waals surface area contributed by atoms with Crippen LogP contribution in [0.1, 0.15) is 12.8 Å². The highest BCUT2D eigenvalue weighted by Crippen LogP contribution is 2.26. The zero-order valence-electron chi connectivity index (χ0n) is 9.22. The van der Waals surface area contributed by atoms with Crippen LogP contribution >= 0.6 is 0 Å². The van der Waals surface area contributed by atoms with Crippen LogP contribution in [0.4, 0.5) is 0 Å². The number of hydrogen-bond acceptors (Lipinski definition) is 4. The maximum absolute atomic E-state index is 11.8. The van der Waals surface area contributed by atoms with Crippen LogP contribution in [0.25, 0.3) is 0 Å². The van der Waals surface area contributed by atoms with Crippen LogP contribution in [0.15, 0.2) is 0 Å². The quantitative estimate of drug-likeness (QED) is 0.566. The lowest BCUT2D eigenvalue weighted by molar-refractivity contribution is 0.0451. The number of piperazine rings is 1. The van der Waals surface area contributed by atoms with Crippen molar-refractivity contribution in [3.8, 4) is 0 Å². The Morgan fingerprint density at radius 1 is 1.31 bits per heavy atom. The monoisotopic (exact) mass is 249 g/mol. The Labute approximate surface area is 96.2 Å². The number of nitrogens with zero attached hydrogens (tertiary/aromatic N) is 1. The molecule has 2 fully saturated rings. The predicted molar refractivity (Wildman–Crippen MR) is 60.1 cm³/mol. The van der Waals surface area contributed by atoms with Crippen molar-refractivity contribution in [1.29, 1.82) is 0 Å². The van der Waals surface area contributed by atoms with Gasteiger partial charge >= 0.3 is 0 Å². The second-order valence-corrected chi connectivity index (χ2v) is 6.25. The first-order valence-corrected chi connectivity index (χ1v) is 7.15. The van der Waals surface area contributed by atoms with Crippen LogP contribution in [-0.4, -0.2) is 56.7 Å². The minimum Gasteiger partial charge on any atom is -0.393 e. The molecule has 94 valence electrons. The van der Waals surface area contributed by atoms with E-state index >= 15 is 0 Å². The Morgan fingerprint density at radius 3 is 2.50 bits per heavy atom. The van der Waals surface area contributed by atoms with Gasteiger partial charge in [-0.15, -0.1) is 0 Å². The van der Waals surface area contributed by atoms with Gasteiger partial charge in [-0.25, -0.2) is 4.72 Å². The maximum Gasteiger partial charge on any atom is 0.279 e. The summed E-state index contributed by atoms with van der Waals surface area (Å²) in [6.45, 7) is 2.93. The molecule has 0 unspecified atom stereocenters. The first-order valence-electron chi connectivity index (χ1n) is 5.71. The molecule has 2 rings (SSSR count). The molecule has 1 aliphatic carbocycles. The van der Waals surface area contributed by atoms with E-state index in [0.29, 0.717) is 51.5 Å². The predicted octanol–water partition coefficient (Wildman–Crippen LogP) is -1.50. The van der Waals surface area contributed by atoms with Gasteiger partial charge in [0.2, 0.25) is 0 Å². The molecule has 16 heavy (non-hydrogen) atoms. The normalized spacial score (nSPS) is 32.3. The molecule has 2 aliphatic rings. The van der Waals surface area contributed by atoms with Crippen LogP contribution in [0.3, 0.4) is 0 Å². The standard InChI is InChI=1S/C9H19N3O3S/c13-9-5-8(6-9)7-11-16(14,15)12-3-1-10-2-4-12/h8-11,13H,1-7H2. The van der Waals surface area contributed by atoms with Gasteiger partial charge in [0.15, 0.2) is 0 Å². The van der Waals surface area contributed by atoms with Gasteiger partial charge in [-0.3, -0.25) is 0 Å². The molecule has 0 aromatic heterocycles. The van der Waals surface area contributed by atoms with Crippen LogP contribution < -0.4 is 10.0 Å². The topological polar surface area (TPSA) is 81.7 Å². The zero-order valence-corrected chi connectivity index (χ0v) is 10.0. The lowest BCUT2D eigenvalue weighted by atomic mass is 9.83. The van der Waals surface area contributed by atoms with Crippen molar-refractivity contribution in [2.45, 2.75) is 18.9 Å². The van der Waals surface area contributed by atoms with Crippen LogP contribution in [0.2, 0.25) is 0 Å². The third kappa shape index (κ3) is 2.92. The molecule has 0 atom stereocenters. The Kier molecular flexibility index (Phi) is 3.81. The second-order valence-electron chi connectivity index (χ2n) is 4.49. The zero-order chi connectivity index (χ0) is 11.6. The van der Waals surface area contributed by atoms with Crippen molar-refractivity contribution in [3.63, 3.8) is 0 Å². The molecule has 0 radical (unpaired) electrons. The molecule has 0 amide bonds. The fourth-order valence-corrected chi connectivity index (χ4v) is 3.36. The molecule has 0 aromatic carbocycles. The SMILES string of the molecule is O=S(=O)(NCC1CC(O)C1)N1CCNCC1. The van der Waals surface area contributed by atoms with E-state index in [1.54, 1.807) is 0 Å². The van der Waals surface area contributed by atoms with E-state index in [1.165, 1.54) is 4.31 Å². The Hall–Kier alpha value is -0.210. The molecule has 3 N–H and O–H groups in total. The van der Waals surface area contributed by atoms with Gasteiger partial charge < -0.3 is 10.4 Å². The van der Waals surface area contributed by atoms with Gasteiger partial charge in [0.05, 0.1) is 6.10 Å². The van der Waals surface area contributed by atoms with E-state index in [4.69, 9.17) is 5.11 Å². The van der Waals surface area contributed by atoms with E-state index in [9.17, 15) is 8.42 Å². The van der Waals surface area contributed by atoms with Crippen molar-refractivity contribution in [3.05, 3.63) is 0 Å². The van der Waals surface area contributed by atoms with Crippen molar-refractivity contribution in [2.24, 2.45) is 5.92 Å². The average molecular weight is 249 g/mol. The molecule has 1 saturated heterocycles. The van der Waals surface area contributed by atoms with Crippen LogP contribution in [0, 0.1) is 5.92 Å². The van der Waals surface area contributed by atoms with Crippen molar-refractivity contribution < 1.29 is 13.5 Å². The summed E-state index contributed by atoms with van der Waals surface area (Å²) in [6, 6.07) is 0. The molecule has 0 bridgehead atoms. The molecule has 0 aromatic rings. The summed E-state index contributed by atoms with van der Waals surface area (Å²) in [5.41, 5.74) is 0. The summed E-state index contributed by atoms with van der Waals surface area (Å²) in [5.74, 6) is 0.299. The summed E-state index contributed by atoms with van der Waals surface area (Å²) >= 11 is 0. The van der Waals surface area contributed by atoms with Gasteiger partial charge in [-0.2, -0.15) is 12.7 Å². The van der Waals surface area contributed by atoms with Crippen LogP contribution in [0.5, 0.6) is 0 Å². The van der Waals surface area contributed by atoms with Gasteiger partial charge in [0.1, 0.15) is 0 Å². The molecule has 7 heteroatoms. The van der Waals surface area contributed by atoms with E-state index in [2.05, 4.69) is 10.0 Å². The number of hydrogen-bond donors (Lipinski definition) is 3. The highest BCUT2D eigenvalue weighted by molar-refractivity contribution is 7.87. The molecular weight excluding hydrogens is 230 g/mol. The van der Waals surface area contributed by atoms with Crippen LogP contribution in [-0.2, 0) is 10.2 Å². The highest BCUT2D eigenvalue weighted by Gasteiger charge is 2.30. The highest BCUT2D eigenvalue weighted by atomic mass is 32.2. The fraction of sp³-hybridized carbons (Fsp3) is 1.00. The smallest absolute Gasteiger partial charge is 0.279 e. The number of aliphatic hydroxyl groups excluding tert-OH is 1. The van der Waals surface area contributed by atoms with Crippen molar-refractivity contribution in [1.82, 2.24) is 14.3 Å². The van der Waals surface area contributed by atoms with Crippen molar-refractivity contribution >= 4 is 10.2 Å². The summed E-state index contributed by atoms with van der Waals surface area (Å²) in [7, 11) is -3.31. The molecule has 0 spiro atoms. The Bertz CT molecular complexity index is 321. The van der Waals surface area contributed by atoms with Gasteiger partial charge in [-0.05, 0) is 18.8 Å². The Balaban J connectivity index is 1.78. The van der Waals surface area contributed by atoms with Crippen molar-refractivity contribution in [2.75, 3.05) is 32.7 Å². The Morgan fingerprint density at radius 2 is 1.94 bits per heavy atom. The third-order valence-corrected chi connectivity index (χ3v) is 4.76. The lowest BCUT2D eigenvalue weighted by Crippen LogP contribution is -2.51. The average Bonchev–Trinajstić information content (AvgIpc) is 2.24. The lowest BCUT2D eigenvalue weighted by Gasteiger charge is -2.33. The fourth-order valence-electron chi connectivity index (χ4n) is 2.07. The van der Waals surface area contributed by atoms with Gasteiger partial charge in [0.25, 0.3) is 10.2 Å². The minimum absolute atomic E-state index is 0.228. The van der Waals surface area contributed by atoms with Gasteiger partial charge in [0, 0.05) is 32.7 Å². The summed E-state index contributed by atoms with van der Waals surface area (Å²) in [6.07, 6.45) is 1.20. The summed E-state index contributed by atoms with van der Waals surface area (Å²) < 4.78 is 27.8. The largest absolute Gasteiger partial charge is 0.393 e. The first kappa shape index (κ1) is 12.3. The number of rotatable bonds is 4. The van der Waals surface area contributed by atoms with E-state index in [1.807, 2.05) is 0 Å². The van der Waals surface area contributed by atoms with E-state index in [-0.39, 0.29) is 6.10 Å². The molecule has 6 nitrogen and oxygen atoms in total. The summed E-state index contributed by atoms with van der Waals surface area (Å²) in [5, 5.41) is 12.2. The summed E-state index contributed by atoms with van der Waals surface area (Å²) in [4.78, 5) is 0. The second kappa shape index (κ2) is 4.97. The van der Waals surface area contributed by atoms with E-state index < -0.39 is 10.2 Å². The number of nitrogens with one attached hydrogen (secondary N) is 2. The molecular formula is C9H19N3O3S.